The van der Waals surface area contributed by atoms with E-state index >= 15 is 0 Å². The Kier molecular flexibility index (Phi) is 4.66. The number of hydrogen-bond donors (Lipinski definition) is 1. The summed E-state index contributed by atoms with van der Waals surface area (Å²) in [6.07, 6.45) is 4.70. The van der Waals surface area contributed by atoms with Gasteiger partial charge in [0.1, 0.15) is 11.9 Å². The number of nitrogens with one attached hydrogen (secondary N) is 1. The fourth-order valence-corrected chi connectivity index (χ4v) is 2.01. The molecule has 2 rings (SSSR count). The zero-order chi connectivity index (χ0) is 14.5. The number of carbonyl (C=O) groups is 1. The summed E-state index contributed by atoms with van der Waals surface area (Å²) in [7, 11) is 1.58. The monoisotopic (exact) mass is 275 g/mol. The number of hydrogen-bond acceptors (Lipinski definition) is 3. The number of carbonyl (C=O) groups excluding carboxylic acids is 1. The number of ether oxygens (including phenoxy) is 2. The van der Waals surface area contributed by atoms with Crippen molar-refractivity contribution in [2.24, 2.45) is 0 Å². The van der Waals surface area contributed by atoms with Crippen LogP contribution in [-0.4, -0.2) is 19.3 Å². The van der Waals surface area contributed by atoms with Gasteiger partial charge in [0.25, 0.3) is 0 Å². The van der Waals surface area contributed by atoms with Gasteiger partial charge in [-0.1, -0.05) is 25.5 Å². The average molecular weight is 275 g/mol. The summed E-state index contributed by atoms with van der Waals surface area (Å²) in [5, 5.41) is 2.74. The summed E-state index contributed by atoms with van der Waals surface area (Å²) in [6.45, 7) is 4.09. The van der Waals surface area contributed by atoms with Crippen LogP contribution in [0.1, 0.15) is 31.7 Å². The molecule has 0 saturated heterocycles. The fourth-order valence-electron chi connectivity index (χ4n) is 2.01. The first-order chi connectivity index (χ1) is 9.63. The van der Waals surface area contributed by atoms with Gasteiger partial charge in [0.15, 0.2) is 0 Å². The summed E-state index contributed by atoms with van der Waals surface area (Å²) >= 11 is 0. The normalized spacial score (nSPS) is 18.8. The van der Waals surface area contributed by atoms with Gasteiger partial charge >= 0.3 is 6.09 Å². The first-order valence-electron chi connectivity index (χ1n) is 6.95. The van der Waals surface area contributed by atoms with E-state index in [9.17, 15) is 4.79 Å². The molecule has 0 radical (unpaired) electrons. The number of methoxy groups -OCH3 is 1. The van der Waals surface area contributed by atoms with Crippen molar-refractivity contribution in [3.63, 3.8) is 0 Å². The number of aryl methyl sites for hydroxylation is 1. The Morgan fingerprint density at radius 2 is 2.30 bits per heavy atom. The van der Waals surface area contributed by atoms with E-state index in [1.165, 1.54) is 5.57 Å². The molecule has 4 nitrogen and oxygen atoms in total. The summed E-state index contributed by atoms with van der Waals surface area (Å²) in [6, 6.07) is 5.62. The van der Waals surface area contributed by atoms with Gasteiger partial charge in [0, 0.05) is 6.42 Å². The van der Waals surface area contributed by atoms with Crippen LogP contribution >= 0.6 is 0 Å². The zero-order valence-corrected chi connectivity index (χ0v) is 12.2. The predicted octanol–water partition coefficient (Wildman–Crippen LogP) is 4.05. The maximum Gasteiger partial charge on any atom is 0.412 e. The van der Waals surface area contributed by atoms with Crippen molar-refractivity contribution in [3.8, 4) is 5.75 Å². The van der Waals surface area contributed by atoms with Gasteiger partial charge in [-0.15, -0.1) is 0 Å². The van der Waals surface area contributed by atoms with E-state index in [0.717, 1.165) is 24.8 Å². The van der Waals surface area contributed by atoms with Gasteiger partial charge in [0.2, 0.25) is 0 Å². The fraction of sp³-hybridized carbons (Fsp3) is 0.438. The highest BCUT2D eigenvalue weighted by atomic mass is 16.6. The molecule has 1 amide bonds. The van der Waals surface area contributed by atoms with Crippen LogP contribution in [0, 0.1) is 6.92 Å². The first kappa shape index (κ1) is 14.4. The second-order valence-corrected chi connectivity index (χ2v) is 4.99. The van der Waals surface area contributed by atoms with Gasteiger partial charge in [-0.2, -0.15) is 0 Å². The van der Waals surface area contributed by atoms with Gasteiger partial charge < -0.3 is 9.47 Å². The Morgan fingerprint density at radius 3 is 3.00 bits per heavy atom. The molecule has 1 aliphatic rings. The predicted molar refractivity (Wildman–Crippen MR) is 79.2 cm³/mol. The quantitative estimate of drug-likeness (QED) is 0.825. The van der Waals surface area contributed by atoms with Crippen molar-refractivity contribution >= 4 is 11.8 Å². The summed E-state index contributed by atoms with van der Waals surface area (Å²) < 4.78 is 10.6. The molecule has 1 fully saturated rings. The smallest absolute Gasteiger partial charge is 0.412 e. The molecule has 1 saturated carbocycles. The number of allylic oxidation sites excluding steroid dienone is 1. The van der Waals surface area contributed by atoms with Crippen molar-refractivity contribution < 1.29 is 14.3 Å². The lowest BCUT2D eigenvalue weighted by molar-refractivity contribution is 0.158. The summed E-state index contributed by atoms with van der Waals surface area (Å²) in [5.41, 5.74) is 2.91. The molecule has 1 unspecified atom stereocenters. The number of unbranched alkanes of at least 4 members (excludes halogenated alkanes) is 1. The average Bonchev–Trinajstić information content (AvgIpc) is 3.14. The molecule has 1 atom stereocenters. The van der Waals surface area contributed by atoms with E-state index in [1.807, 2.05) is 25.1 Å². The van der Waals surface area contributed by atoms with Crippen LogP contribution in [0.3, 0.4) is 0 Å². The van der Waals surface area contributed by atoms with Crippen molar-refractivity contribution in [3.05, 3.63) is 35.4 Å². The number of benzene rings is 1. The largest absolute Gasteiger partial charge is 0.495 e. The molecular weight excluding hydrogens is 254 g/mol. The van der Waals surface area contributed by atoms with Crippen LogP contribution < -0.4 is 10.1 Å². The van der Waals surface area contributed by atoms with Crippen LogP contribution in [0.15, 0.2) is 29.8 Å². The highest BCUT2D eigenvalue weighted by Gasteiger charge is 2.33. The lowest BCUT2D eigenvalue weighted by atomic mass is 10.2. The summed E-state index contributed by atoms with van der Waals surface area (Å²) in [5.74, 6) is 0.630. The van der Waals surface area contributed by atoms with E-state index in [1.54, 1.807) is 7.11 Å². The minimum atomic E-state index is -0.432. The second-order valence-electron chi connectivity index (χ2n) is 4.99. The second kappa shape index (κ2) is 6.46. The molecule has 20 heavy (non-hydrogen) atoms. The Bertz CT molecular complexity index is 522. The van der Waals surface area contributed by atoms with Crippen LogP contribution in [0.4, 0.5) is 10.5 Å². The minimum Gasteiger partial charge on any atom is -0.495 e. The summed E-state index contributed by atoms with van der Waals surface area (Å²) in [4.78, 5) is 11.8. The van der Waals surface area contributed by atoms with E-state index in [4.69, 9.17) is 9.47 Å². The molecule has 0 bridgehead atoms. The molecule has 1 N–H and O–H groups in total. The van der Waals surface area contributed by atoms with Crippen LogP contribution in [0.5, 0.6) is 5.75 Å². The number of amides is 1. The third-order valence-corrected chi connectivity index (χ3v) is 3.21. The maximum atomic E-state index is 11.8. The van der Waals surface area contributed by atoms with Crippen molar-refractivity contribution in [1.82, 2.24) is 0 Å². The van der Waals surface area contributed by atoms with Crippen LogP contribution in [0.2, 0.25) is 0 Å². The molecular formula is C16H21NO3. The number of anilines is 1. The van der Waals surface area contributed by atoms with Gasteiger partial charge in [0.05, 0.1) is 12.8 Å². The highest BCUT2D eigenvalue weighted by Crippen LogP contribution is 2.34. The maximum absolute atomic E-state index is 11.8. The Hall–Kier alpha value is -1.97. The Morgan fingerprint density at radius 1 is 1.50 bits per heavy atom. The van der Waals surface area contributed by atoms with Gasteiger partial charge in [-0.05, 0) is 36.6 Å². The molecule has 1 aromatic rings. The Labute approximate surface area is 119 Å². The molecule has 108 valence electrons. The van der Waals surface area contributed by atoms with Gasteiger partial charge in [-0.25, -0.2) is 4.79 Å². The van der Waals surface area contributed by atoms with E-state index < -0.39 is 6.09 Å². The van der Waals surface area contributed by atoms with Gasteiger partial charge in [-0.3, -0.25) is 5.32 Å². The van der Waals surface area contributed by atoms with E-state index in [2.05, 4.69) is 18.3 Å². The van der Waals surface area contributed by atoms with Crippen molar-refractivity contribution in [1.29, 1.82) is 0 Å². The highest BCUT2D eigenvalue weighted by molar-refractivity contribution is 5.87. The molecule has 0 heterocycles. The first-order valence-corrected chi connectivity index (χ1v) is 6.95. The minimum absolute atomic E-state index is 0.0441. The zero-order valence-electron chi connectivity index (χ0n) is 12.2. The molecule has 0 spiro atoms. The van der Waals surface area contributed by atoms with Crippen LogP contribution in [0.25, 0.3) is 0 Å². The lowest BCUT2D eigenvalue weighted by Crippen LogP contribution is -2.15. The van der Waals surface area contributed by atoms with Crippen molar-refractivity contribution in [2.45, 2.75) is 39.2 Å². The molecule has 1 aliphatic carbocycles. The Balaban J connectivity index is 1.91. The SMILES string of the molecule is CCC/C=C1/CC1OC(=O)Nc1cc(C)ccc1OC. The van der Waals surface area contributed by atoms with E-state index in [0.29, 0.717) is 11.4 Å². The van der Waals surface area contributed by atoms with E-state index in [-0.39, 0.29) is 6.10 Å². The third kappa shape index (κ3) is 3.76. The standard InChI is InChI=1S/C16H21NO3/c1-4-5-6-12-10-15(12)20-16(18)17-13-9-11(2)7-8-14(13)19-3/h6-9,15H,4-5,10H2,1-3H3,(H,17,18)/b12-6-. The molecule has 0 aromatic heterocycles. The molecule has 1 aromatic carbocycles. The third-order valence-electron chi connectivity index (χ3n) is 3.21. The molecule has 0 aliphatic heterocycles. The number of rotatable bonds is 5. The van der Waals surface area contributed by atoms with Crippen molar-refractivity contribution in [2.75, 3.05) is 12.4 Å². The van der Waals surface area contributed by atoms with Crippen LogP contribution in [-0.2, 0) is 4.74 Å². The topological polar surface area (TPSA) is 47.6 Å². The lowest BCUT2D eigenvalue weighted by Gasteiger charge is -2.10. The molecule has 4 heteroatoms.